The predicted molar refractivity (Wildman–Crippen MR) is 212 cm³/mol. The fraction of sp³-hybridized carbons (Fsp3) is 0.689. The van der Waals surface area contributed by atoms with Crippen molar-refractivity contribution in [1.29, 1.82) is 0 Å². The van der Waals surface area contributed by atoms with Gasteiger partial charge >= 0.3 is 11.9 Å². The number of aryl methyl sites for hydroxylation is 4. The number of hydrogen-bond donors (Lipinski definition) is 2. The predicted octanol–water partition coefficient (Wildman–Crippen LogP) is 8.33. The lowest BCUT2D eigenvalue weighted by Gasteiger charge is -2.48. The third-order valence-electron chi connectivity index (χ3n) is 10.2. The number of hydrogen-bond acceptors (Lipinski definition) is 10. The molecule has 2 saturated heterocycles. The van der Waals surface area contributed by atoms with Crippen molar-refractivity contribution in [3.05, 3.63) is 57.6 Å². The molecule has 0 atom stereocenters. The molecule has 55 heavy (non-hydrogen) atoms. The Kier molecular flexibility index (Phi) is 14.2. The van der Waals surface area contributed by atoms with Gasteiger partial charge < -0.3 is 38.6 Å². The summed E-state index contributed by atoms with van der Waals surface area (Å²) in [6, 6.07) is 7.85. The van der Waals surface area contributed by atoms with E-state index in [1.54, 1.807) is 0 Å². The summed E-state index contributed by atoms with van der Waals surface area (Å²) in [4.78, 5) is 25.6. The number of esters is 2. The first-order valence-corrected chi connectivity index (χ1v) is 19.8. The molecule has 0 bridgehead atoms. The van der Waals surface area contributed by atoms with E-state index >= 15 is 0 Å². The molecule has 10 nitrogen and oxygen atoms in total. The van der Waals surface area contributed by atoms with Gasteiger partial charge in [0.2, 0.25) is 0 Å². The molecule has 2 aromatic carbocycles. The Morgan fingerprint density at radius 3 is 1.25 bits per heavy atom. The summed E-state index contributed by atoms with van der Waals surface area (Å²) in [6.45, 7) is 26.1. The number of benzene rings is 2. The number of carbonyl (C=O) groups excluding carboxylic acids is 2. The largest absolute Gasteiger partial charge is 0.507 e. The van der Waals surface area contributed by atoms with Gasteiger partial charge in [-0.1, -0.05) is 93.5 Å². The van der Waals surface area contributed by atoms with Crippen molar-refractivity contribution in [1.82, 2.24) is 0 Å². The van der Waals surface area contributed by atoms with Gasteiger partial charge in [0.1, 0.15) is 24.7 Å². The van der Waals surface area contributed by atoms with Gasteiger partial charge in [0.15, 0.2) is 12.6 Å². The number of rotatable bonds is 14. The van der Waals surface area contributed by atoms with E-state index in [0.29, 0.717) is 50.8 Å². The molecular weight excluding hydrogens is 700 g/mol. The lowest BCUT2D eigenvalue weighted by atomic mass is 9.86. The van der Waals surface area contributed by atoms with Crippen molar-refractivity contribution >= 4 is 11.9 Å². The van der Waals surface area contributed by atoms with Gasteiger partial charge in [-0.2, -0.15) is 0 Å². The van der Waals surface area contributed by atoms with Crippen LogP contribution < -0.4 is 0 Å². The minimum Gasteiger partial charge on any atom is -0.507 e. The molecule has 4 rings (SSSR count). The number of aromatic hydroxyl groups is 2. The minimum absolute atomic E-state index is 0.0269. The number of phenolic OH excluding ortho intramolecular Hbond substituents is 2. The van der Waals surface area contributed by atoms with Gasteiger partial charge in [-0.3, -0.25) is 9.59 Å². The van der Waals surface area contributed by atoms with E-state index in [1.165, 1.54) is 0 Å². The van der Waals surface area contributed by atoms with Crippen LogP contribution in [0.15, 0.2) is 24.3 Å². The Morgan fingerprint density at radius 1 is 0.618 bits per heavy atom. The third-order valence-corrected chi connectivity index (χ3v) is 10.2. The SMILES string of the molecule is Cc1cc(CCC(=O)OCC(C)(C)C2OCC3(CO2)COC(C(C)(C)COC(=O)CCc2cc(C)c(O)c(CC(C)(C)C)c2)OC3)cc(CC(C)(C)C)c1O. The van der Waals surface area contributed by atoms with E-state index in [-0.39, 0.29) is 48.8 Å². The second kappa shape index (κ2) is 17.5. The molecule has 0 aliphatic carbocycles. The highest BCUT2D eigenvalue weighted by Gasteiger charge is 2.48. The van der Waals surface area contributed by atoms with Crippen LogP contribution in [0.3, 0.4) is 0 Å². The molecule has 2 fully saturated rings. The van der Waals surface area contributed by atoms with Crippen LogP contribution in [0.4, 0.5) is 0 Å². The van der Waals surface area contributed by atoms with Gasteiger partial charge in [-0.25, -0.2) is 0 Å². The van der Waals surface area contributed by atoms with Crippen LogP contribution in [0.5, 0.6) is 11.5 Å². The number of phenols is 2. The Bertz CT molecular complexity index is 1500. The standard InChI is InChI=1S/C45H68O10/c1-29-17-31(19-33(37(29)48)21-41(3,4)5)13-15-35(46)50-23-43(9,10)39-52-25-45(26-53-39)27-54-40(55-28-45)44(11,12)24-51-36(47)16-14-32-18-30(2)38(49)34(20-32)22-42(6,7)8/h17-20,39-40,48-49H,13-16,21-28H2,1-12H3. The van der Waals surface area contributed by atoms with Gasteiger partial charge in [0.05, 0.1) is 31.8 Å². The fourth-order valence-electron chi connectivity index (χ4n) is 7.13. The Labute approximate surface area is 329 Å². The molecule has 0 saturated carbocycles. The molecule has 2 heterocycles. The zero-order chi connectivity index (χ0) is 41.0. The molecular formula is C45H68O10. The normalized spacial score (nSPS) is 21.1. The Hall–Kier alpha value is -3.18. The summed E-state index contributed by atoms with van der Waals surface area (Å²) in [5, 5.41) is 21.1. The van der Waals surface area contributed by atoms with Gasteiger partial charge in [0, 0.05) is 23.7 Å². The second-order valence-electron chi connectivity index (χ2n) is 20.0. The lowest BCUT2D eigenvalue weighted by Crippen LogP contribution is -2.57. The summed E-state index contributed by atoms with van der Waals surface area (Å²) in [5.41, 5.74) is 3.81. The van der Waals surface area contributed by atoms with Crippen molar-refractivity contribution in [2.24, 2.45) is 27.1 Å². The lowest BCUT2D eigenvalue weighted by molar-refractivity contribution is -0.337. The van der Waals surface area contributed by atoms with E-state index in [4.69, 9.17) is 28.4 Å². The average Bonchev–Trinajstić information content (AvgIpc) is 3.08. The summed E-state index contributed by atoms with van der Waals surface area (Å²) < 4.78 is 36.2. The third kappa shape index (κ3) is 12.9. The van der Waals surface area contributed by atoms with Crippen LogP contribution in [-0.4, -0.2) is 74.4 Å². The highest BCUT2D eigenvalue weighted by Crippen LogP contribution is 2.39. The molecule has 10 heteroatoms. The van der Waals surface area contributed by atoms with Gasteiger partial charge in [-0.05, 0) is 83.7 Å². The molecule has 2 aromatic rings. The molecule has 2 aliphatic rings. The Morgan fingerprint density at radius 2 is 0.945 bits per heavy atom. The number of ether oxygens (including phenoxy) is 6. The first kappa shape index (κ1) is 44.5. The quantitative estimate of drug-likeness (QED) is 0.181. The topological polar surface area (TPSA) is 130 Å². The molecule has 0 radical (unpaired) electrons. The first-order chi connectivity index (χ1) is 25.4. The molecule has 0 amide bonds. The summed E-state index contributed by atoms with van der Waals surface area (Å²) >= 11 is 0. The summed E-state index contributed by atoms with van der Waals surface area (Å²) in [6.07, 6.45) is 1.84. The Balaban J connectivity index is 1.18. The highest BCUT2D eigenvalue weighted by atomic mass is 16.7. The van der Waals surface area contributed by atoms with E-state index in [1.807, 2.05) is 65.8 Å². The van der Waals surface area contributed by atoms with Gasteiger partial charge in [-0.15, -0.1) is 0 Å². The molecule has 308 valence electrons. The van der Waals surface area contributed by atoms with E-state index < -0.39 is 28.8 Å². The average molecular weight is 769 g/mol. The molecule has 2 aliphatic heterocycles. The molecule has 1 spiro atoms. The van der Waals surface area contributed by atoms with E-state index in [9.17, 15) is 19.8 Å². The minimum atomic E-state index is -0.590. The molecule has 0 aromatic heterocycles. The van der Waals surface area contributed by atoms with Crippen molar-refractivity contribution < 1.29 is 48.2 Å². The molecule has 2 N–H and O–H groups in total. The van der Waals surface area contributed by atoms with Crippen LogP contribution in [0.25, 0.3) is 0 Å². The first-order valence-electron chi connectivity index (χ1n) is 19.8. The van der Waals surface area contributed by atoms with E-state index in [2.05, 4.69) is 41.5 Å². The maximum atomic E-state index is 12.8. The van der Waals surface area contributed by atoms with E-state index in [0.717, 1.165) is 46.2 Å². The van der Waals surface area contributed by atoms with Crippen molar-refractivity contribution in [2.75, 3.05) is 39.6 Å². The smallest absolute Gasteiger partial charge is 0.306 e. The maximum absolute atomic E-state index is 12.8. The van der Waals surface area contributed by atoms with Crippen LogP contribution in [-0.2, 0) is 63.7 Å². The second-order valence-corrected chi connectivity index (χ2v) is 20.0. The fourth-order valence-corrected chi connectivity index (χ4v) is 7.13. The summed E-state index contributed by atoms with van der Waals surface area (Å²) in [7, 11) is 0. The van der Waals surface area contributed by atoms with Gasteiger partial charge in [0.25, 0.3) is 0 Å². The van der Waals surface area contributed by atoms with Crippen LogP contribution >= 0.6 is 0 Å². The van der Waals surface area contributed by atoms with Crippen molar-refractivity contribution in [3.8, 4) is 11.5 Å². The monoisotopic (exact) mass is 768 g/mol. The van der Waals surface area contributed by atoms with Crippen LogP contribution in [0, 0.1) is 40.9 Å². The van der Waals surface area contributed by atoms with Crippen molar-refractivity contribution in [2.45, 2.75) is 134 Å². The van der Waals surface area contributed by atoms with Crippen LogP contribution in [0.1, 0.15) is 115 Å². The van der Waals surface area contributed by atoms with Crippen molar-refractivity contribution in [3.63, 3.8) is 0 Å². The summed E-state index contributed by atoms with van der Waals surface area (Å²) in [5.74, 6) is 0.0545. The van der Waals surface area contributed by atoms with Crippen LogP contribution in [0.2, 0.25) is 0 Å². The zero-order valence-corrected chi connectivity index (χ0v) is 35.6. The zero-order valence-electron chi connectivity index (χ0n) is 35.6. The molecule has 0 unspecified atom stereocenters. The highest BCUT2D eigenvalue weighted by molar-refractivity contribution is 5.70. The maximum Gasteiger partial charge on any atom is 0.306 e. The number of carbonyl (C=O) groups is 2.